The largest absolute Gasteiger partial charge is 0.481 e. The molecule has 0 aromatic carbocycles. The molecule has 0 radical (unpaired) electrons. The summed E-state index contributed by atoms with van der Waals surface area (Å²) in [7, 11) is 0. The number of hydrogen-bond donors (Lipinski definition) is 1. The lowest BCUT2D eigenvalue weighted by molar-refractivity contribution is -0.152. The van der Waals surface area contributed by atoms with Crippen LogP contribution in [0.25, 0.3) is 0 Å². The highest BCUT2D eigenvalue weighted by Gasteiger charge is 2.43. The number of hydrogen-bond acceptors (Lipinski definition) is 3. The van der Waals surface area contributed by atoms with Gasteiger partial charge in [0, 0.05) is 25.0 Å². The molecule has 1 aliphatic rings. The predicted molar refractivity (Wildman–Crippen MR) is 79.1 cm³/mol. The molecule has 21 heavy (non-hydrogen) atoms. The topological polar surface area (TPSA) is 70.5 Å². The number of carbonyl (C=O) groups is 2. The van der Waals surface area contributed by atoms with Crippen molar-refractivity contribution in [3.63, 3.8) is 0 Å². The molecule has 5 heteroatoms. The summed E-state index contributed by atoms with van der Waals surface area (Å²) in [5.74, 6) is -0.896. The third-order valence-electron chi connectivity index (χ3n) is 4.28. The fraction of sp³-hybridized carbons (Fsp3) is 0.562. The summed E-state index contributed by atoms with van der Waals surface area (Å²) in [6, 6.07) is 3.49. The number of aromatic nitrogens is 1. The Kier molecular flexibility index (Phi) is 4.60. The summed E-state index contributed by atoms with van der Waals surface area (Å²) in [5, 5.41) is 9.59. The Morgan fingerprint density at radius 2 is 2.24 bits per heavy atom. The lowest BCUT2D eigenvalue weighted by Gasteiger charge is -2.40. The summed E-state index contributed by atoms with van der Waals surface area (Å²) in [6.07, 6.45) is 4.45. The summed E-state index contributed by atoms with van der Waals surface area (Å²) in [5.41, 5.74) is 0.457. The Labute approximate surface area is 125 Å². The van der Waals surface area contributed by atoms with Crippen LogP contribution in [0, 0.1) is 12.3 Å². The monoisotopic (exact) mass is 290 g/mol. The summed E-state index contributed by atoms with van der Waals surface area (Å²) < 4.78 is 0. The van der Waals surface area contributed by atoms with E-state index in [2.05, 4.69) is 4.98 Å². The second-order valence-electron chi connectivity index (χ2n) is 5.80. The van der Waals surface area contributed by atoms with Crippen molar-refractivity contribution in [3.8, 4) is 0 Å². The molecule has 1 fully saturated rings. The van der Waals surface area contributed by atoms with Crippen molar-refractivity contribution in [1.82, 2.24) is 9.88 Å². The van der Waals surface area contributed by atoms with Crippen LogP contribution in [-0.4, -0.2) is 40.0 Å². The van der Waals surface area contributed by atoms with Crippen LogP contribution in [0.3, 0.4) is 0 Å². The van der Waals surface area contributed by atoms with Crippen molar-refractivity contribution in [2.75, 3.05) is 13.1 Å². The van der Waals surface area contributed by atoms with Crippen molar-refractivity contribution < 1.29 is 14.7 Å². The quantitative estimate of drug-likeness (QED) is 0.925. The van der Waals surface area contributed by atoms with Gasteiger partial charge in [-0.1, -0.05) is 13.3 Å². The third-order valence-corrected chi connectivity index (χ3v) is 4.28. The van der Waals surface area contributed by atoms with Gasteiger partial charge in [0.25, 0.3) is 5.91 Å². The standard InChI is InChI=1S/C16H22N2O3/c1-3-7-16(15(20)21)8-5-10-18(11-16)14(19)13-6-4-9-17-12(13)2/h4,6,9H,3,5,7-8,10-11H2,1-2H3,(H,20,21). The summed E-state index contributed by atoms with van der Waals surface area (Å²) >= 11 is 0. The number of carboxylic acids is 1. The van der Waals surface area contributed by atoms with Crippen molar-refractivity contribution in [3.05, 3.63) is 29.6 Å². The van der Waals surface area contributed by atoms with Gasteiger partial charge in [-0.05, 0) is 38.3 Å². The van der Waals surface area contributed by atoms with Crippen LogP contribution in [0.15, 0.2) is 18.3 Å². The molecule has 1 N–H and O–H groups in total. The lowest BCUT2D eigenvalue weighted by atomic mass is 9.76. The Hall–Kier alpha value is -1.91. The zero-order chi connectivity index (χ0) is 15.5. The van der Waals surface area contributed by atoms with Crippen LogP contribution >= 0.6 is 0 Å². The minimum atomic E-state index is -0.793. The Morgan fingerprint density at radius 1 is 1.48 bits per heavy atom. The molecule has 1 unspecified atom stereocenters. The number of likely N-dealkylation sites (tertiary alicyclic amines) is 1. The first-order valence-corrected chi connectivity index (χ1v) is 7.44. The number of amides is 1. The van der Waals surface area contributed by atoms with Gasteiger partial charge >= 0.3 is 5.97 Å². The molecule has 0 saturated carbocycles. The molecule has 1 aromatic rings. The molecule has 0 bridgehead atoms. The van der Waals surface area contributed by atoms with E-state index in [1.165, 1.54) is 0 Å². The molecule has 2 rings (SSSR count). The van der Waals surface area contributed by atoms with Gasteiger partial charge in [-0.2, -0.15) is 0 Å². The van der Waals surface area contributed by atoms with Gasteiger partial charge in [-0.15, -0.1) is 0 Å². The maximum atomic E-state index is 12.6. The molecule has 2 heterocycles. The number of aryl methyl sites for hydroxylation is 1. The van der Waals surface area contributed by atoms with E-state index in [1.807, 2.05) is 6.92 Å². The van der Waals surface area contributed by atoms with Gasteiger partial charge in [0.05, 0.1) is 11.0 Å². The zero-order valence-electron chi connectivity index (χ0n) is 12.6. The summed E-state index contributed by atoms with van der Waals surface area (Å²) in [4.78, 5) is 30.1. The van der Waals surface area contributed by atoms with E-state index in [0.717, 1.165) is 12.8 Å². The van der Waals surface area contributed by atoms with Gasteiger partial charge < -0.3 is 10.0 Å². The van der Waals surface area contributed by atoms with Crippen LogP contribution < -0.4 is 0 Å². The average Bonchev–Trinajstić information content (AvgIpc) is 2.47. The van der Waals surface area contributed by atoms with Crippen LogP contribution in [0.2, 0.25) is 0 Å². The number of piperidine rings is 1. The number of carboxylic acid groups (broad SMARTS) is 1. The number of aliphatic carboxylic acids is 1. The predicted octanol–water partition coefficient (Wildman–Crippen LogP) is 2.50. The van der Waals surface area contributed by atoms with Crippen LogP contribution in [0.4, 0.5) is 0 Å². The fourth-order valence-electron chi connectivity index (χ4n) is 3.15. The van der Waals surface area contributed by atoms with Crippen LogP contribution in [0.1, 0.15) is 48.7 Å². The van der Waals surface area contributed by atoms with Gasteiger partial charge in [0.15, 0.2) is 0 Å². The molecule has 1 saturated heterocycles. The van der Waals surface area contributed by atoms with E-state index in [0.29, 0.717) is 37.2 Å². The second-order valence-corrected chi connectivity index (χ2v) is 5.80. The normalized spacial score (nSPS) is 22.1. The molecule has 1 aromatic heterocycles. The lowest BCUT2D eigenvalue weighted by Crippen LogP contribution is -2.50. The number of rotatable bonds is 4. The molecule has 0 aliphatic carbocycles. The van der Waals surface area contributed by atoms with Gasteiger partial charge in [-0.25, -0.2) is 0 Å². The van der Waals surface area contributed by atoms with Crippen molar-refractivity contribution in [2.24, 2.45) is 5.41 Å². The highest BCUT2D eigenvalue weighted by Crippen LogP contribution is 2.35. The third kappa shape index (κ3) is 3.06. The molecule has 1 amide bonds. The average molecular weight is 290 g/mol. The Balaban J connectivity index is 2.23. The van der Waals surface area contributed by atoms with E-state index < -0.39 is 11.4 Å². The van der Waals surface area contributed by atoms with Gasteiger partial charge in [0.1, 0.15) is 0 Å². The molecule has 5 nitrogen and oxygen atoms in total. The van der Waals surface area contributed by atoms with Crippen LogP contribution in [0.5, 0.6) is 0 Å². The van der Waals surface area contributed by atoms with E-state index in [-0.39, 0.29) is 5.91 Å². The summed E-state index contributed by atoms with van der Waals surface area (Å²) in [6.45, 7) is 4.69. The zero-order valence-corrected chi connectivity index (χ0v) is 12.6. The Bertz CT molecular complexity index is 540. The number of nitrogens with zero attached hydrogens (tertiary/aromatic N) is 2. The highest BCUT2D eigenvalue weighted by molar-refractivity contribution is 5.95. The first kappa shape index (κ1) is 15.5. The minimum Gasteiger partial charge on any atom is -0.481 e. The van der Waals surface area contributed by atoms with E-state index in [4.69, 9.17) is 0 Å². The van der Waals surface area contributed by atoms with E-state index in [1.54, 1.807) is 30.2 Å². The van der Waals surface area contributed by atoms with Crippen LogP contribution in [-0.2, 0) is 4.79 Å². The maximum Gasteiger partial charge on any atom is 0.311 e. The van der Waals surface area contributed by atoms with Gasteiger partial charge in [0.2, 0.25) is 0 Å². The Morgan fingerprint density at radius 3 is 2.86 bits per heavy atom. The first-order valence-electron chi connectivity index (χ1n) is 7.44. The van der Waals surface area contributed by atoms with Crippen molar-refractivity contribution in [1.29, 1.82) is 0 Å². The van der Waals surface area contributed by atoms with Gasteiger partial charge in [-0.3, -0.25) is 14.6 Å². The molecular formula is C16H22N2O3. The smallest absolute Gasteiger partial charge is 0.311 e. The molecule has 0 spiro atoms. The maximum absolute atomic E-state index is 12.6. The van der Waals surface area contributed by atoms with E-state index >= 15 is 0 Å². The molecule has 1 aliphatic heterocycles. The highest BCUT2D eigenvalue weighted by atomic mass is 16.4. The fourth-order valence-corrected chi connectivity index (χ4v) is 3.15. The van der Waals surface area contributed by atoms with E-state index in [9.17, 15) is 14.7 Å². The number of pyridine rings is 1. The first-order chi connectivity index (χ1) is 10.00. The second kappa shape index (κ2) is 6.24. The SMILES string of the molecule is CCCC1(C(=O)O)CCCN(C(=O)c2cccnc2C)C1. The number of carbonyl (C=O) groups excluding carboxylic acids is 1. The molecular weight excluding hydrogens is 268 g/mol. The van der Waals surface area contributed by atoms with Crippen molar-refractivity contribution >= 4 is 11.9 Å². The minimum absolute atomic E-state index is 0.109. The molecule has 114 valence electrons. The molecule has 1 atom stereocenters. The van der Waals surface area contributed by atoms with Crippen molar-refractivity contribution in [2.45, 2.75) is 39.5 Å².